The summed E-state index contributed by atoms with van der Waals surface area (Å²) in [4.78, 5) is 0. The zero-order chi connectivity index (χ0) is 12.3. The van der Waals surface area contributed by atoms with Crippen LogP contribution in [0.25, 0.3) is 0 Å². The molecule has 1 atom stereocenters. The fourth-order valence-electron chi connectivity index (χ4n) is 1.70. The van der Waals surface area contributed by atoms with Gasteiger partial charge < -0.3 is 5.32 Å². The van der Waals surface area contributed by atoms with Crippen molar-refractivity contribution < 1.29 is 8.78 Å². The van der Waals surface area contributed by atoms with Gasteiger partial charge in [0.25, 0.3) is 0 Å². The van der Waals surface area contributed by atoms with Gasteiger partial charge in [0.05, 0.1) is 4.47 Å². The lowest BCUT2D eigenvalue weighted by Crippen LogP contribution is -2.26. The van der Waals surface area contributed by atoms with Crippen molar-refractivity contribution in [3.05, 3.63) is 33.8 Å². The molecule has 1 nitrogen and oxygen atoms in total. The summed E-state index contributed by atoms with van der Waals surface area (Å²) in [7, 11) is 0. The molecule has 1 unspecified atom stereocenters. The standard InChI is InChI=1S/C12H16BrF2N/c1-4-16-12(7(2)3)8-5-11(15)9(13)6-10(8)14/h5-7,12,16H,4H2,1-3H3. The Balaban J connectivity index is 3.13. The molecule has 0 fully saturated rings. The summed E-state index contributed by atoms with van der Waals surface area (Å²) in [6.07, 6.45) is 0. The van der Waals surface area contributed by atoms with Crippen LogP contribution in [0.1, 0.15) is 32.4 Å². The van der Waals surface area contributed by atoms with Gasteiger partial charge in [0.15, 0.2) is 0 Å². The van der Waals surface area contributed by atoms with Gasteiger partial charge >= 0.3 is 0 Å². The van der Waals surface area contributed by atoms with Gasteiger partial charge in [-0.3, -0.25) is 0 Å². The molecule has 0 aromatic heterocycles. The van der Waals surface area contributed by atoms with E-state index >= 15 is 0 Å². The third-order valence-corrected chi connectivity index (χ3v) is 3.07. The van der Waals surface area contributed by atoms with E-state index in [9.17, 15) is 8.78 Å². The van der Waals surface area contributed by atoms with Crippen LogP contribution in [0.5, 0.6) is 0 Å². The van der Waals surface area contributed by atoms with Gasteiger partial charge in [-0.2, -0.15) is 0 Å². The molecule has 0 saturated heterocycles. The molecule has 16 heavy (non-hydrogen) atoms. The summed E-state index contributed by atoms with van der Waals surface area (Å²) >= 11 is 2.97. The van der Waals surface area contributed by atoms with E-state index in [1.54, 1.807) is 0 Å². The maximum absolute atomic E-state index is 13.7. The SMILES string of the molecule is CCNC(c1cc(F)c(Br)cc1F)C(C)C. The molecule has 0 bridgehead atoms. The van der Waals surface area contributed by atoms with Gasteiger partial charge in [0.2, 0.25) is 0 Å². The Kier molecular flexibility index (Phi) is 4.87. The highest BCUT2D eigenvalue weighted by Gasteiger charge is 2.20. The highest BCUT2D eigenvalue weighted by Crippen LogP contribution is 2.28. The Bertz CT molecular complexity index is 366. The molecule has 90 valence electrons. The van der Waals surface area contributed by atoms with Crippen molar-refractivity contribution in [2.75, 3.05) is 6.54 Å². The first-order valence-electron chi connectivity index (χ1n) is 5.35. The van der Waals surface area contributed by atoms with E-state index in [-0.39, 0.29) is 22.2 Å². The van der Waals surface area contributed by atoms with Gasteiger partial charge in [-0.15, -0.1) is 0 Å². The first-order chi connectivity index (χ1) is 7.47. The molecule has 0 heterocycles. The van der Waals surface area contributed by atoms with Gasteiger partial charge in [-0.05, 0) is 40.5 Å². The second kappa shape index (κ2) is 5.73. The maximum Gasteiger partial charge on any atom is 0.137 e. The summed E-state index contributed by atoms with van der Waals surface area (Å²) in [5.41, 5.74) is 0.387. The number of hydrogen-bond acceptors (Lipinski definition) is 1. The number of rotatable bonds is 4. The van der Waals surface area contributed by atoms with Gasteiger partial charge in [-0.1, -0.05) is 20.8 Å². The quantitative estimate of drug-likeness (QED) is 0.826. The highest BCUT2D eigenvalue weighted by atomic mass is 79.9. The van der Waals surface area contributed by atoms with Gasteiger partial charge in [0.1, 0.15) is 11.6 Å². The Morgan fingerprint density at radius 3 is 2.38 bits per heavy atom. The number of benzene rings is 1. The maximum atomic E-state index is 13.7. The highest BCUT2D eigenvalue weighted by molar-refractivity contribution is 9.10. The smallest absolute Gasteiger partial charge is 0.137 e. The molecule has 1 rings (SSSR count). The summed E-state index contributed by atoms with van der Waals surface area (Å²) in [6.45, 7) is 6.63. The van der Waals surface area contributed by atoms with E-state index in [0.717, 1.165) is 6.54 Å². The molecular weight excluding hydrogens is 276 g/mol. The van der Waals surface area contributed by atoms with E-state index in [1.807, 2.05) is 20.8 Å². The molecular formula is C12H16BrF2N. The Morgan fingerprint density at radius 2 is 1.88 bits per heavy atom. The average Bonchev–Trinajstić information content (AvgIpc) is 2.20. The van der Waals surface area contributed by atoms with Crippen molar-refractivity contribution in [2.45, 2.75) is 26.8 Å². The van der Waals surface area contributed by atoms with E-state index in [4.69, 9.17) is 0 Å². The Labute approximate surface area is 103 Å². The van der Waals surface area contributed by atoms with Crippen molar-refractivity contribution in [1.29, 1.82) is 0 Å². The molecule has 1 aromatic rings. The molecule has 0 amide bonds. The molecule has 0 aliphatic carbocycles. The van der Waals surface area contributed by atoms with Crippen molar-refractivity contribution in [3.63, 3.8) is 0 Å². The van der Waals surface area contributed by atoms with Crippen molar-refractivity contribution in [2.24, 2.45) is 5.92 Å². The van der Waals surface area contributed by atoms with Crippen molar-refractivity contribution >= 4 is 15.9 Å². The van der Waals surface area contributed by atoms with Crippen LogP contribution in [0, 0.1) is 17.6 Å². The minimum absolute atomic E-state index is 0.160. The Hall–Kier alpha value is -0.480. The van der Waals surface area contributed by atoms with Gasteiger partial charge in [0, 0.05) is 11.6 Å². The van der Waals surface area contributed by atoms with E-state index in [1.165, 1.54) is 12.1 Å². The topological polar surface area (TPSA) is 12.0 Å². The summed E-state index contributed by atoms with van der Waals surface area (Å²) in [6, 6.07) is 2.28. The van der Waals surface area contributed by atoms with Crippen LogP contribution < -0.4 is 5.32 Å². The second-order valence-corrected chi connectivity index (χ2v) is 4.92. The van der Waals surface area contributed by atoms with Crippen LogP contribution in [0.2, 0.25) is 0 Å². The predicted molar refractivity (Wildman–Crippen MR) is 65.3 cm³/mol. The number of halogens is 3. The number of hydrogen-bond donors (Lipinski definition) is 1. The lowest BCUT2D eigenvalue weighted by atomic mass is 9.95. The minimum Gasteiger partial charge on any atom is -0.310 e. The molecule has 0 aliphatic rings. The van der Waals surface area contributed by atoms with E-state index in [0.29, 0.717) is 5.56 Å². The first-order valence-corrected chi connectivity index (χ1v) is 6.14. The van der Waals surface area contributed by atoms with Crippen LogP contribution in [0.3, 0.4) is 0 Å². The fraction of sp³-hybridized carbons (Fsp3) is 0.500. The largest absolute Gasteiger partial charge is 0.310 e. The lowest BCUT2D eigenvalue weighted by Gasteiger charge is -2.23. The van der Waals surface area contributed by atoms with Crippen LogP contribution in [-0.2, 0) is 0 Å². The monoisotopic (exact) mass is 291 g/mol. The van der Waals surface area contributed by atoms with Crippen LogP contribution in [0.4, 0.5) is 8.78 Å². The lowest BCUT2D eigenvalue weighted by molar-refractivity contribution is 0.403. The predicted octanol–water partition coefficient (Wildman–Crippen LogP) is 4.03. The fourth-order valence-corrected chi connectivity index (χ4v) is 2.02. The second-order valence-electron chi connectivity index (χ2n) is 4.07. The Morgan fingerprint density at radius 1 is 1.25 bits per heavy atom. The molecule has 0 saturated carbocycles. The van der Waals surface area contributed by atoms with Crippen molar-refractivity contribution in [1.82, 2.24) is 5.32 Å². The molecule has 0 radical (unpaired) electrons. The zero-order valence-electron chi connectivity index (χ0n) is 9.65. The molecule has 0 spiro atoms. The van der Waals surface area contributed by atoms with Crippen molar-refractivity contribution in [3.8, 4) is 0 Å². The molecule has 1 N–H and O–H groups in total. The third kappa shape index (κ3) is 3.01. The van der Waals surface area contributed by atoms with Crippen LogP contribution in [-0.4, -0.2) is 6.54 Å². The summed E-state index contributed by atoms with van der Waals surface area (Å²) in [5.74, 6) is -0.608. The van der Waals surface area contributed by atoms with Crippen LogP contribution >= 0.6 is 15.9 Å². The summed E-state index contributed by atoms with van der Waals surface area (Å²) in [5, 5.41) is 3.16. The molecule has 1 aromatic carbocycles. The molecule has 0 aliphatic heterocycles. The summed E-state index contributed by atoms with van der Waals surface area (Å²) < 4.78 is 27.3. The zero-order valence-corrected chi connectivity index (χ0v) is 11.2. The molecule has 4 heteroatoms. The normalized spacial score (nSPS) is 13.2. The first kappa shape index (κ1) is 13.6. The van der Waals surface area contributed by atoms with E-state index < -0.39 is 5.82 Å². The third-order valence-electron chi connectivity index (χ3n) is 2.47. The average molecular weight is 292 g/mol. The van der Waals surface area contributed by atoms with Crippen LogP contribution in [0.15, 0.2) is 16.6 Å². The van der Waals surface area contributed by atoms with E-state index in [2.05, 4.69) is 21.2 Å². The number of nitrogens with one attached hydrogen (secondary N) is 1. The minimum atomic E-state index is -0.431. The van der Waals surface area contributed by atoms with Gasteiger partial charge in [-0.25, -0.2) is 8.78 Å².